The van der Waals surface area contributed by atoms with Gasteiger partial charge in [0, 0.05) is 24.7 Å². The van der Waals surface area contributed by atoms with Crippen molar-refractivity contribution in [2.75, 3.05) is 26.9 Å². The van der Waals surface area contributed by atoms with Gasteiger partial charge in [-0.2, -0.15) is 0 Å². The van der Waals surface area contributed by atoms with Crippen molar-refractivity contribution < 1.29 is 14.3 Å². The van der Waals surface area contributed by atoms with Gasteiger partial charge in [-0.3, -0.25) is 4.79 Å². The fourth-order valence-corrected chi connectivity index (χ4v) is 3.07. The van der Waals surface area contributed by atoms with Gasteiger partial charge >= 0.3 is 0 Å². The zero-order valence-electron chi connectivity index (χ0n) is 11.7. The summed E-state index contributed by atoms with van der Waals surface area (Å²) in [6.45, 7) is 1.75. The molecule has 0 spiro atoms. The highest BCUT2D eigenvalue weighted by atomic mass is 35.5. The van der Waals surface area contributed by atoms with Crippen LogP contribution in [0, 0.1) is 0 Å². The van der Waals surface area contributed by atoms with Gasteiger partial charge in [0.1, 0.15) is 0 Å². The SMILES string of the molecule is CNCC1CCCN1C(=O)c1cc(Cl)c2c(c1)OCO2.Cl. The molecule has 2 aliphatic rings. The molecule has 5 nitrogen and oxygen atoms in total. The first-order valence-electron chi connectivity index (χ1n) is 6.75. The fraction of sp³-hybridized carbons (Fsp3) is 0.500. The molecule has 0 saturated carbocycles. The van der Waals surface area contributed by atoms with E-state index in [1.54, 1.807) is 12.1 Å². The number of fused-ring (bicyclic) bond motifs is 1. The van der Waals surface area contributed by atoms with Crippen LogP contribution in [0.25, 0.3) is 0 Å². The second kappa shape index (κ2) is 6.73. The van der Waals surface area contributed by atoms with Gasteiger partial charge in [0.25, 0.3) is 5.91 Å². The van der Waals surface area contributed by atoms with E-state index >= 15 is 0 Å². The highest BCUT2D eigenvalue weighted by molar-refractivity contribution is 6.32. The molecule has 1 fully saturated rings. The van der Waals surface area contributed by atoms with Crippen molar-refractivity contribution in [2.24, 2.45) is 0 Å². The largest absolute Gasteiger partial charge is 0.454 e. The van der Waals surface area contributed by atoms with Crippen molar-refractivity contribution in [3.63, 3.8) is 0 Å². The Balaban J connectivity index is 0.00000161. The maximum absolute atomic E-state index is 12.6. The van der Waals surface area contributed by atoms with Crippen LogP contribution in [0.5, 0.6) is 11.5 Å². The number of nitrogens with zero attached hydrogens (tertiary/aromatic N) is 1. The van der Waals surface area contributed by atoms with Crippen LogP contribution in [0.15, 0.2) is 12.1 Å². The molecular formula is C14H18Cl2N2O3. The normalized spacial score (nSPS) is 19.5. The molecule has 21 heavy (non-hydrogen) atoms. The molecule has 1 aromatic rings. The van der Waals surface area contributed by atoms with Crippen molar-refractivity contribution in [3.8, 4) is 11.5 Å². The van der Waals surface area contributed by atoms with Crippen LogP contribution >= 0.6 is 24.0 Å². The molecule has 7 heteroatoms. The number of carbonyl (C=O) groups excluding carboxylic acids is 1. The number of amides is 1. The summed E-state index contributed by atoms with van der Waals surface area (Å²) in [5.74, 6) is 1.07. The summed E-state index contributed by atoms with van der Waals surface area (Å²) >= 11 is 6.14. The number of hydrogen-bond donors (Lipinski definition) is 1. The van der Waals surface area contributed by atoms with E-state index in [-0.39, 0.29) is 31.1 Å². The Bertz CT molecular complexity index is 539. The van der Waals surface area contributed by atoms with Gasteiger partial charge in [-0.15, -0.1) is 12.4 Å². The minimum Gasteiger partial charge on any atom is -0.454 e. The summed E-state index contributed by atoms with van der Waals surface area (Å²) in [7, 11) is 1.90. The Morgan fingerprint density at radius 1 is 1.48 bits per heavy atom. The highest BCUT2D eigenvalue weighted by Crippen LogP contribution is 2.40. The van der Waals surface area contributed by atoms with E-state index in [4.69, 9.17) is 21.1 Å². The molecule has 1 atom stereocenters. The minimum atomic E-state index is 0. The summed E-state index contributed by atoms with van der Waals surface area (Å²) < 4.78 is 10.6. The molecular weight excluding hydrogens is 315 g/mol. The second-order valence-electron chi connectivity index (χ2n) is 5.04. The van der Waals surface area contributed by atoms with E-state index in [2.05, 4.69) is 5.32 Å². The Morgan fingerprint density at radius 3 is 3.05 bits per heavy atom. The quantitative estimate of drug-likeness (QED) is 0.922. The van der Waals surface area contributed by atoms with Crippen molar-refractivity contribution in [3.05, 3.63) is 22.7 Å². The topological polar surface area (TPSA) is 50.8 Å². The van der Waals surface area contributed by atoms with Crippen molar-refractivity contribution in [2.45, 2.75) is 18.9 Å². The third-order valence-corrected chi connectivity index (χ3v) is 4.03. The Labute approximate surface area is 134 Å². The number of rotatable bonds is 3. The van der Waals surface area contributed by atoms with E-state index in [9.17, 15) is 4.79 Å². The highest BCUT2D eigenvalue weighted by Gasteiger charge is 2.30. The van der Waals surface area contributed by atoms with Gasteiger partial charge < -0.3 is 19.7 Å². The van der Waals surface area contributed by atoms with Gasteiger partial charge in [0.2, 0.25) is 6.79 Å². The van der Waals surface area contributed by atoms with Gasteiger partial charge in [-0.05, 0) is 32.0 Å². The predicted molar refractivity (Wildman–Crippen MR) is 82.8 cm³/mol. The molecule has 116 valence electrons. The Morgan fingerprint density at radius 2 is 2.29 bits per heavy atom. The lowest BCUT2D eigenvalue weighted by Gasteiger charge is -2.24. The molecule has 0 aromatic heterocycles. The van der Waals surface area contributed by atoms with Crippen molar-refractivity contribution >= 4 is 29.9 Å². The van der Waals surface area contributed by atoms with Crippen LogP contribution in [-0.2, 0) is 0 Å². The average Bonchev–Trinajstić information content (AvgIpc) is 3.07. The first-order valence-corrected chi connectivity index (χ1v) is 7.13. The number of ether oxygens (including phenoxy) is 2. The minimum absolute atomic E-state index is 0. The lowest BCUT2D eigenvalue weighted by atomic mass is 10.1. The maximum atomic E-state index is 12.6. The number of nitrogens with one attached hydrogen (secondary N) is 1. The van der Waals surface area contributed by atoms with E-state index in [1.165, 1.54) is 0 Å². The van der Waals surface area contributed by atoms with Crippen LogP contribution in [0.4, 0.5) is 0 Å². The molecule has 0 radical (unpaired) electrons. The van der Waals surface area contributed by atoms with Crippen LogP contribution in [-0.4, -0.2) is 43.8 Å². The zero-order chi connectivity index (χ0) is 14.1. The molecule has 1 N–H and O–H groups in total. The lowest BCUT2D eigenvalue weighted by Crippen LogP contribution is -2.40. The van der Waals surface area contributed by atoms with Gasteiger partial charge in [-0.25, -0.2) is 0 Å². The first kappa shape index (κ1) is 16.2. The summed E-state index contributed by atoms with van der Waals surface area (Å²) in [6, 6.07) is 3.62. The third-order valence-electron chi connectivity index (χ3n) is 3.75. The molecule has 1 saturated heterocycles. The maximum Gasteiger partial charge on any atom is 0.254 e. The molecule has 0 bridgehead atoms. The third kappa shape index (κ3) is 3.05. The number of hydrogen-bond acceptors (Lipinski definition) is 4. The van der Waals surface area contributed by atoms with Gasteiger partial charge in [0.05, 0.1) is 5.02 Å². The van der Waals surface area contributed by atoms with Gasteiger partial charge in [0.15, 0.2) is 11.5 Å². The van der Waals surface area contributed by atoms with Crippen LogP contribution in [0.2, 0.25) is 5.02 Å². The standard InChI is InChI=1S/C14H17ClN2O3.ClH/c1-16-7-10-3-2-4-17(10)14(18)9-5-11(15)13-12(6-9)19-8-20-13;/h5-6,10,16H,2-4,7-8H2,1H3;1H. The smallest absolute Gasteiger partial charge is 0.254 e. The molecule has 1 aromatic carbocycles. The van der Waals surface area contributed by atoms with Crippen LogP contribution < -0.4 is 14.8 Å². The Hall–Kier alpha value is -1.17. The molecule has 2 heterocycles. The Kier molecular flexibility index (Phi) is 5.19. The molecule has 1 unspecified atom stereocenters. The fourth-order valence-electron chi connectivity index (χ4n) is 2.81. The number of carbonyl (C=O) groups is 1. The predicted octanol–water partition coefficient (Wildman–Crippen LogP) is 2.31. The van der Waals surface area contributed by atoms with E-state index in [1.807, 2.05) is 11.9 Å². The molecule has 2 aliphatic heterocycles. The van der Waals surface area contributed by atoms with E-state index in [0.717, 1.165) is 25.9 Å². The van der Waals surface area contributed by atoms with Crippen molar-refractivity contribution in [1.82, 2.24) is 10.2 Å². The van der Waals surface area contributed by atoms with Gasteiger partial charge in [-0.1, -0.05) is 11.6 Å². The summed E-state index contributed by atoms with van der Waals surface area (Å²) in [4.78, 5) is 14.5. The van der Waals surface area contributed by atoms with E-state index in [0.29, 0.717) is 22.1 Å². The summed E-state index contributed by atoms with van der Waals surface area (Å²) in [6.07, 6.45) is 2.07. The molecule has 3 rings (SSSR count). The summed E-state index contributed by atoms with van der Waals surface area (Å²) in [5, 5.41) is 3.56. The number of likely N-dealkylation sites (N-methyl/N-ethyl adjacent to an activating group) is 1. The summed E-state index contributed by atoms with van der Waals surface area (Å²) in [5.41, 5.74) is 0.558. The number of halogens is 2. The van der Waals surface area contributed by atoms with Crippen molar-refractivity contribution in [1.29, 1.82) is 0 Å². The monoisotopic (exact) mass is 332 g/mol. The molecule has 0 aliphatic carbocycles. The lowest BCUT2D eigenvalue weighted by molar-refractivity contribution is 0.0736. The van der Waals surface area contributed by atoms with Crippen LogP contribution in [0.3, 0.4) is 0 Å². The van der Waals surface area contributed by atoms with Crippen LogP contribution in [0.1, 0.15) is 23.2 Å². The average molecular weight is 333 g/mol. The zero-order valence-corrected chi connectivity index (χ0v) is 13.3. The number of benzene rings is 1. The number of likely N-dealkylation sites (tertiary alicyclic amines) is 1. The second-order valence-corrected chi connectivity index (χ2v) is 5.45. The van der Waals surface area contributed by atoms with E-state index < -0.39 is 0 Å². The first-order chi connectivity index (χ1) is 9.70. The molecule has 1 amide bonds.